The van der Waals surface area contributed by atoms with E-state index in [9.17, 15) is 4.79 Å². The number of amides is 1. The molecule has 0 aliphatic carbocycles. The molecule has 2 aromatic carbocycles. The van der Waals surface area contributed by atoms with Gasteiger partial charge in [0.15, 0.2) is 5.60 Å². The molecule has 0 atom stereocenters. The van der Waals surface area contributed by atoms with Gasteiger partial charge in [-0.2, -0.15) is 0 Å². The Balaban J connectivity index is 1.70. The molecule has 0 unspecified atom stereocenters. The quantitative estimate of drug-likeness (QED) is 0.406. The van der Waals surface area contributed by atoms with E-state index in [1.54, 1.807) is 45.2 Å². The lowest BCUT2D eigenvalue weighted by Gasteiger charge is -2.25. The molecule has 0 saturated carbocycles. The highest BCUT2D eigenvalue weighted by Gasteiger charge is 2.32. The Bertz CT molecular complexity index is 1260. The van der Waals surface area contributed by atoms with Crippen molar-refractivity contribution in [2.24, 2.45) is 0 Å². The van der Waals surface area contributed by atoms with Gasteiger partial charge in [0.05, 0.1) is 7.11 Å². The predicted octanol–water partition coefficient (Wildman–Crippen LogP) is 5.77. The number of methoxy groups -OCH3 is 1. The number of nitrogens with zero attached hydrogens (tertiary/aromatic N) is 2. The number of carbonyl (C=O) groups excluding carboxylic acids is 1. The molecule has 7 heteroatoms. The number of aromatic nitrogens is 2. The smallest absolute Gasteiger partial charge is 0.269 e. The summed E-state index contributed by atoms with van der Waals surface area (Å²) in [4.78, 5) is 18.1. The van der Waals surface area contributed by atoms with Crippen LogP contribution in [0.15, 0.2) is 66.9 Å². The number of halogens is 1. The molecule has 0 saturated heterocycles. The van der Waals surface area contributed by atoms with E-state index in [1.165, 1.54) is 0 Å². The molecule has 0 spiro atoms. The Hall–Kier alpha value is -3.51. The third-order valence-electron chi connectivity index (χ3n) is 5.11. The fraction of sp³-hybridized carbons (Fsp3) is 0.200. The zero-order valence-corrected chi connectivity index (χ0v) is 19.1. The number of imidazole rings is 1. The zero-order valence-electron chi connectivity index (χ0n) is 18.3. The molecule has 0 aliphatic rings. The van der Waals surface area contributed by atoms with E-state index in [0.29, 0.717) is 22.3 Å². The normalized spacial score (nSPS) is 11.4. The molecule has 2 heterocycles. The lowest BCUT2D eigenvalue weighted by atomic mass is 10.1. The summed E-state index contributed by atoms with van der Waals surface area (Å²) in [5, 5.41) is 3.63. The van der Waals surface area contributed by atoms with Gasteiger partial charge in [0, 0.05) is 16.8 Å². The highest BCUT2D eigenvalue weighted by atomic mass is 35.5. The molecular weight excluding hydrogens is 426 g/mol. The van der Waals surface area contributed by atoms with Gasteiger partial charge in [0.1, 0.15) is 28.7 Å². The van der Waals surface area contributed by atoms with E-state index in [0.717, 1.165) is 22.5 Å². The number of fused-ring (bicyclic) bond motifs is 1. The minimum absolute atomic E-state index is 0.301. The molecular formula is C25H24ClN3O3. The van der Waals surface area contributed by atoms with E-state index < -0.39 is 5.60 Å². The van der Waals surface area contributed by atoms with Crippen LogP contribution in [0.25, 0.3) is 16.9 Å². The van der Waals surface area contributed by atoms with Crippen molar-refractivity contribution < 1.29 is 14.3 Å². The number of benzene rings is 2. The minimum Gasteiger partial charge on any atom is -0.497 e. The van der Waals surface area contributed by atoms with E-state index in [4.69, 9.17) is 26.1 Å². The second-order valence-corrected chi connectivity index (χ2v) is 8.43. The maximum atomic E-state index is 13.3. The second-order valence-electron chi connectivity index (χ2n) is 7.99. The van der Waals surface area contributed by atoms with Crippen molar-refractivity contribution in [3.05, 3.63) is 77.4 Å². The van der Waals surface area contributed by atoms with Crippen LogP contribution in [0.4, 0.5) is 5.82 Å². The van der Waals surface area contributed by atoms with Crippen molar-refractivity contribution in [3.63, 3.8) is 0 Å². The number of aryl methyl sites for hydroxylation is 1. The van der Waals surface area contributed by atoms with E-state index >= 15 is 0 Å². The maximum Gasteiger partial charge on any atom is 0.269 e. The van der Waals surface area contributed by atoms with Crippen LogP contribution < -0.4 is 14.8 Å². The van der Waals surface area contributed by atoms with Crippen LogP contribution in [0.5, 0.6) is 11.5 Å². The Morgan fingerprint density at radius 3 is 2.34 bits per heavy atom. The van der Waals surface area contributed by atoms with Crippen molar-refractivity contribution in [2.45, 2.75) is 26.4 Å². The van der Waals surface area contributed by atoms with Gasteiger partial charge in [-0.3, -0.25) is 9.20 Å². The molecule has 0 aliphatic heterocycles. The number of anilines is 1. The van der Waals surface area contributed by atoms with Gasteiger partial charge >= 0.3 is 0 Å². The molecule has 1 N–H and O–H groups in total. The lowest BCUT2D eigenvalue weighted by Crippen LogP contribution is -2.42. The SMILES string of the molecule is COc1ccc(-c2nc3cc(C)ccn3c2NC(=O)C(C)(C)Oc2ccc(Cl)cc2)cc1. The summed E-state index contributed by atoms with van der Waals surface area (Å²) >= 11 is 5.95. The average molecular weight is 450 g/mol. The standard InChI is InChI=1S/C25H24ClN3O3/c1-16-13-14-29-21(15-16)27-22(17-5-9-19(31-4)10-6-17)23(29)28-24(30)25(2,3)32-20-11-7-18(26)8-12-20/h5-15H,1-4H3,(H,28,30). The first-order chi connectivity index (χ1) is 15.3. The van der Waals surface area contributed by atoms with Crippen LogP contribution in [0.1, 0.15) is 19.4 Å². The number of carbonyl (C=O) groups is 1. The fourth-order valence-corrected chi connectivity index (χ4v) is 3.44. The van der Waals surface area contributed by atoms with Crippen LogP contribution in [-0.2, 0) is 4.79 Å². The third-order valence-corrected chi connectivity index (χ3v) is 5.36. The summed E-state index contributed by atoms with van der Waals surface area (Å²) in [7, 11) is 1.62. The van der Waals surface area contributed by atoms with Crippen LogP contribution in [-0.4, -0.2) is 28.0 Å². The molecule has 1 amide bonds. The van der Waals surface area contributed by atoms with Gasteiger partial charge in [-0.1, -0.05) is 11.6 Å². The molecule has 4 aromatic rings. The Labute approximate surface area is 191 Å². The van der Waals surface area contributed by atoms with Crippen LogP contribution in [0.3, 0.4) is 0 Å². The Morgan fingerprint density at radius 2 is 1.69 bits per heavy atom. The Kier molecular flexibility index (Phi) is 5.80. The number of rotatable bonds is 6. The summed E-state index contributed by atoms with van der Waals surface area (Å²) in [5.74, 6) is 1.57. The first-order valence-electron chi connectivity index (χ1n) is 10.2. The number of hydrogen-bond acceptors (Lipinski definition) is 4. The minimum atomic E-state index is -1.14. The van der Waals surface area contributed by atoms with E-state index in [1.807, 2.05) is 53.9 Å². The average Bonchev–Trinajstić information content (AvgIpc) is 3.12. The van der Waals surface area contributed by atoms with Gasteiger partial charge < -0.3 is 14.8 Å². The van der Waals surface area contributed by atoms with Gasteiger partial charge in [0.25, 0.3) is 5.91 Å². The third kappa shape index (κ3) is 4.41. The van der Waals surface area contributed by atoms with Gasteiger partial charge in [-0.25, -0.2) is 4.98 Å². The largest absolute Gasteiger partial charge is 0.497 e. The Morgan fingerprint density at radius 1 is 1.03 bits per heavy atom. The molecule has 4 rings (SSSR count). The first kappa shape index (κ1) is 21.7. The summed E-state index contributed by atoms with van der Waals surface area (Å²) in [6.07, 6.45) is 1.90. The summed E-state index contributed by atoms with van der Waals surface area (Å²) in [5.41, 5.74) is 2.20. The number of pyridine rings is 1. The molecule has 32 heavy (non-hydrogen) atoms. The molecule has 164 valence electrons. The number of nitrogens with one attached hydrogen (secondary N) is 1. The van der Waals surface area contributed by atoms with Gasteiger partial charge in [-0.15, -0.1) is 0 Å². The van der Waals surface area contributed by atoms with Gasteiger partial charge in [-0.05, 0) is 87.0 Å². The molecule has 0 fully saturated rings. The highest BCUT2D eigenvalue weighted by Crippen LogP contribution is 2.31. The monoisotopic (exact) mass is 449 g/mol. The van der Waals surface area contributed by atoms with Crippen molar-refractivity contribution in [1.29, 1.82) is 0 Å². The maximum absolute atomic E-state index is 13.3. The van der Waals surface area contributed by atoms with Gasteiger partial charge in [0.2, 0.25) is 0 Å². The molecule has 0 bridgehead atoms. The van der Waals surface area contributed by atoms with Crippen molar-refractivity contribution in [2.75, 3.05) is 12.4 Å². The number of ether oxygens (including phenoxy) is 2. The molecule has 0 radical (unpaired) electrons. The topological polar surface area (TPSA) is 64.9 Å². The lowest BCUT2D eigenvalue weighted by molar-refractivity contribution is -0.128. The van der Waals surface area contributed by atoms with Crippen molar-refractivity contribution in [1.82, 2.24) is 9.38 Å². The van der Waals surface area contributed by atoms with Crippen molar-refractivity contribution >= 4 is 29.0 Å². The predicted molar refractivity (Wildman–Crippen MR) is 127 cm³/mol. The summed E-state index contributed by atoms with van der Waals surface area (Å²) < 4.78 is 13.1. The molecule has 2 aromatic heterocycles. The fourth-order valence-electron chi connectivity index (χ4n) is 3.32. The highest BCUT2D eigenvalue weighted by molar-refractivity contribution is 6.30. The summed E-state index contributed by atoms with van der Waals surface area (Å²) in [6.45, 7) is 5.44. The van der Waals surface area contributed by atoms with E-state index in [-0.39, 0.29) is 5.91 Å². The molecule has 6 nitrogen and oxygen atoms in total. The zero-order chi connectivity index (χ0) is 22.9. The van der Waals surface area contributed by atoms with Crippen LogP contribution in [0, 0.1) is 6.92 Å². The first-order valence-corrected chi connectivity index (χ1v) is 10.5. The summed E-state index contributed by atoms with van der Waals surface area (Å²) in [6, 6.07) is 18.4. The number of hydrogen-bond donors (Lipinski definition) is 1. The van der Waals surface area contributed by atoms with Crippen molar-refractivity contribution in [3.8, 4) is 22.8 Å². The van der Waals surface area contributed by atoms with Crippen LogP contribution >= 0.6 is 11.6 Å². The van der Waals surface area contributed by atoms with Crippen LogP contribution in [0.2, 0.25) is 5.02 Å². The second kappa shape index (κ2) is 8.55. The van der Waals surface area contributed by atoms with E-state index in [2.05, 4.69) is 5.32 Å².